The van der Waals surface area contributed by atoms with E-state index < -0.39 is 5.79 Å². The van der Waals surface area contributed by atoms with E-state index in [1.54, 1.807) is 0 Å². The lowest BCUT2D eigenvalue weighted by molar-refractivity contribution is -0.161. The topological polar surface area (TPSA) is 21.7 Å². The zero-order valence-electron chi connectivity index (χ0n) is 10.2. The summed E-state index contributed by atoms with van der Waals surface area (Å²) in [7, 11) is 0. The third-order valence-electron chi connectivity index (χ3n) is 3.97. The monoisotopic (exact) mass is 257 g/mol. The van der Waals surface area contributed by atoms with Gasteiger partial charge in [0.15, 0.2) is 5.79 Å². The second-order valence-corrected chi connectivity index (χ2v) is 5.69. The molecule has 4 heteroatoms. The average Bonchev–Trinajstić information content (AvgIpc) is 2.79. The molecule has 0 bridgehead atoms. The first-order valence-corrected chi connectivity index (χ1v) is 7.10. The Balaban J connectivity index is 1.71. The first-order valence-electron chi connectivity index (χ1n) is 6.66. The second-order valence-electron chi connectivity index (χ2n) is 5.16. The van der Waals surface area contributed by atoms with Crippen LogP contribution in [-0.4, -0.2) is 42.4 Å². The lowest BCUT2D eigenvalue weighted by atomic mass is 9.95. The Bertz CT molecular complexity index is 307. The fraction of sp³-hybridized carbons (Fsp3) is 0.846. The van der Waals surface area contributed by atoms with Crippen molar-refractivity contribution in [3.8, 4) is 0 Å². The van der Waals surface area contributed by atoms with Crippen LogP contribution in [0.25, 0.3) is 0 Å². The summed E-state index contributed by atoms with van der Waals surface area (Å²) in [5, 5.41) is 0.0416. The highest BCUT2D eigenvalue weighted by atomic mass is 35.5. The molecule has 0 aromatic carbocycles. The molecule has 2 saturated heterocycles. The van der Waals surface area contributed by atoms with Crippen molar-refractivity contribution in [3.63, 3.8) is 0 Å². The first-order chi connectivity index (χ1) is 8.29. The Morgan fingerprint density at radius 3 is 2.53 bits per heavy atom. The predicted octanol–water partition coefficient (Wildman–Crippen LogP) is 2.50. The number of halogens is 1. The van der Waals surface area contributed by atoms with Gasteiger partial charge in [0.2, 0.25) is 0 Å². The number of hydrogen-bond donors (Lipinski definition) is 0. The highest BCUT2D eigenvalue weighted by molar-refractivity contribution is 6.22. The fourth-order valence-electron chi connectivity index (χ4n) is 3.06. The Labute approximate surface area is 108 Å². The van der Waals surface area contributed by atoms with Crippen molar-refractivity contribution >= 4 is 11.6 Å². The van der Waals surface area contributed by atoms with Crippen molar-refractivity contribution in [1.29, 1.82) is 0 Å². The lowest BCUT2D eigenvalue weighted by Crippen LogP contribution is -2.41. The van der Waals surface area contributed by atoms with Crippen molar-refractivity contribution in [3.05, 3.63) is 11.8 Å². The molecule has 2 heterocycles. The normalized spacial score (nSPS) is 32.9. The molecule has 0 N–H and O–H groups in total. The van der Waals surface area contributed by atoms with Crippen molar-refractivity contribution in [2.24, 2.45) is 0 Å². The Morgan fingerprint density at radius 1 is 1.18 bits per heavy atom. The minimum atomic E-state index is -0.411. The highest BCUT2D eigenvalue weighted by Gasteiger charge is 2.42. The number of hydrogen-bond acceptors (Lipinski definition) is 3. The molecular weight excluding hydrogens is 238 g/mol. The maximum atomic E-state index is 6.52. The molecule has 0 saturated carbocycles. The van der Waals surface area contributed by atoms with E-state index in [1.165, 1.54) is 25.0 Å². The zero-order valence-corrected chi connectivity index (χ0v) is 10.9. The van der Waals surface area contributed by atoms with Gasteiger partial charge in [-0.2, -0.15) is 0 Å². The van der Waals surface area contributed by atoms with Crippen LogP contribution in [0.1, 0.15) is 32.1 Å². The summed E-state index contributed by atoms with van der Waals surface area (Å²) >= 11 is 6.52. The van der Waals surface area contributed by atoms with Gasteiger partial charge in [0.1, 0.15) is 0 Å². The largest absolute Gasteiger partial charge is 0.374 e. The van der Waals surface area contributed by atoms with Gasteiger partial charge in [-0.15, -0.1) is 11.6 Å². The van der Waals surface area contributed by atoms with Crippen molar-refractivity contribution < 1.29 is 9.47 Å². The molecule has 0 radical (unpaired) electrons. The fourth-order valence-corrected chi connectivity index (χ4v) is 3.52. The van der Waals surface area contributed by atoms with Crippen LogP contribution in [0.15, 0.2) is 11.8 Å². The van der Waals surface area contributed by atoms with E-state index in [9.17, 15) is 0 Å². The van der Waals surface area contributed by atoms with E-state index in [1.807, 2.05) is 0 Å². The summed E-state index contributed by atoms with van der Waals surface area (Å²) in [6.07, 6.45) is 7.81. The van der Waals surface area contributed by atoms with Gasteiger partial charge >= 0.3 is 0 Å². The van der Waals surface area contributed by atoms with E-state index in [2.05, 4.69) is 11.0 Å². The Kier molecular flexibility index (Phi) is 3.33. The minimum absolute atomic E-state index is 0.0416. The lowest BCUT2D eigenvalue weighted by Gasteiger charge is -2.39. The molecule has 0 amide bonds. The molecule has 2 aliphatic heterocycles. The number of rotatable bonds is 1. The number of alkyl halides is 1. The van der Waals surface area contributed by atoms with E-state index >= 15 is 0 Å². The summed E-state index contributed by atoms with van der Waals surface area (Å²) in [5.74, 6) is -0.411. The zero-order chi connectivity index (χ0) is 11.7. The number of allylic oxidation sites excluding steroid dienone is 1. The summed E-state index contributed by atoms with van der Waals surface area (Å²) in [6, 6.07) is 0. The van der Waals surface area contributed by atoms with Crippen LogP contribution in [0.5, 0.6) is 0 Å². The van der Waals surface area contributed by atoms with Gasteiger partial charge in [0.25, 0.3) is 0 Å². The summed E-state index contributed by atoms with van der Waals surface area (Å²) in [5.41, 5.74) is 1.30. The smallest absolute Gasteiger partial charge is 0.173 e. The van der Waals surface area contributed by atoms with Crippen molar-refractivity contribution in [2.45, 2.75) is 43.3 Å². The Morgan fingerprint density at radius 2 is 1.88 bits per heavy atom. The van der Waals surface area contributed by atoms with Crippen LogP contribution in [0.3, 0.4) is 0 Å². The number of nitrogens with zero attached hydrogens (tertiary/aromatic N) is 1. The standard InChI is InChI=1S/C13H20ClNO2/c14-11-10-13(16-8-9-17-13)5-4-12(11)15-6-2-1-3-7-15/h4,11H,1-3,5-10H2. The molecule has 3 nitrogen and oxygen atoms in total. The molecule has 17 heavy (non-hydrogen) atoms. The third kappa shape index (κ3) is 2.33. The first kappa shape index (κ1) is 11.8. The molecule has 1 unspecified atom stereocenters. The van der Waals surface area contributed by atoms with Crippen molar-refractivity contribution in [2.75, 3.05) is 26.3 Å². The van der Waals surface area contributed by atoms with Gasteiger partial charge in [-0.05, 0) is 19.3 Å². The van der Waals surface area contributed by atoms with Crippen LogP contribution < -0.4 is 0 Å². The van der Waals surface area contributed by atoms with Gasteiger partial charge in [0.05, 0.1) is 18.6 Å². The van der Waals surface area contributed by atoms with Crippen LogP contribution >= 0.6 is 11.6 Å². The number of ether oxygens (including phenoxy) is 2. The molecule has 3 aliphatic rings. The molecule has 1 aliphatic carbocycles. The van der Waals surface area contributed by atoms with Gasteiger partial charge < -0.3 is 14.4 Å². The summed E-state index contributed by atoms with van der Waals surface area (Å²) < 4.78 is 11.4. The molecule has 1 atom stereocenters. The van der Waals surface area contributed by atoms with Crippen LogP contribution in [0, 0.1) is 0 Å². The van der Waals surface area contributed by atoms with Crippen LogP contribution in [0.2, 0.25) is 0 Å². The molecule has 3 rings (SSSR count). The van der Waals surface area contributed by atoms with Crippen molar-refractivity contribution in [1.82, 2.24) is 4.90 Å². The maximum Gasteiger partial charge on any atom is 0.173 e. The van der Waals surface area contributed by atoms with Gasteiger partial charge in [-0.25, -0.2) is 0 Å². The van der Waals surface area contributed by atoms with Gasteiger partial charge in [-0.3, -0.25) is 0 Å². The predicted molar refractivity (Wildman–Crippen MR) is 67.0 cm³/mol. The van der Waals surface area contributed by atoms with E-state index in [-0.39, 0.29) is 5.38 Å². The number of piperidine rings is 1. The Hall–Kier alpha value is -0.250. The molecule has 1 spiro atoms. The number of likely N-dealkylation sites (tertiary alicyclic amines) is 1. The quantitative estimate of drug-likeness (QED) is 0.674. The molecule has 96 valence electrons. The van der Waals surface area contributed by atoms with Crippen LogP contribution in [-0.2, 0) is 9.47 Å². The molecule has 2 fully saturated rings. The van der Waals surface area contributed by atoms with Gasteiger partial charge in [0, 0.05) is 31.6 Å². The van der Waals surface area contributed by atoms with Gasteiger partial charge in [-0.1, -0.05) is 6.08 Å². The maximum absolute atomic E-state index is 6.52. The molecule has 0 aromatic heterocycles. The highest BCUT2D eigenvalue weighted by Crippen LogP contribution is 2.39. The summed E-state index contributed by atoms with van der Waals surface area (Å²) in [4.78, 5) is 2.45. The van der Waals surface area contributed by atoms with E-state index in [4.69, 9.17) is 21.1 Å². The van der Waals surface area contributed by atoms with E-state index in [0.29, 0.717) is 13.2 Å². The van der Waals surface area contributed by atoms with Crippen LogP contribution in [0.4, 0.5) is 0 Å². The second kappa shape index (κ2) is 4.79. The molecular formula is C13H20ClNO2. The molecule has 0 aromatic rings. The SMILES string of the molecule is ClC1CC2(CC=C1N1CCCCC1)OCCO2. The average molecular weight is 258 g/mol. The third-order valence-corrected chi connectivity index (χ3v) is 4.35. The minimum Gasteiger partial charge on any atom is -0.374 e. The van der Waals surface area contributed by atoms with E-state index in [0.717, 1.165) is 25.9 Å². The summed E-state index contributed by atoms with van der Waals surface area (Å²) in [6.45, 7) is 3.72.